The molecule has 5 heteroatoms. The minimum Gasteiger partial charge on any atom is -0.348 e. The molecule has 3 nitrogen and oxygen atoms in total. The molecule has 0 heterocycles. The maximum atomic E-state index is 13.0. The Hall–Kier alpha value is -1.47. The number of benzene rings is 2. The monoisotopic (exact) mass is 384 g/mol. The fraction of sp³-hybridized carbons (Fsp3) is 0.133. The van der Waals surface area contributed by atoms with Gasteiger partial charge in [-0.05, 0) is 51.9 Å². The van der Waals surface area contributed by atoms with Crippen molar-refractivity contribution in [1.82, 2.24) is 5.32 Å². The summed E-state index contributed by atoms with van der Waals surface area (Å²) >= 11 is 1.95. The zero-order valence-electron chi connectivity index (χ0n) is 10.7. The predicted octanol–water partition coefficient (Wildman–Crippen LogP) is 2.82. The van der Waals surface area contributed by atoms with Gasteiger partial charge in [-0.3, -0.25) is 4.79 Å². The molecule has 0 saturated heterocycles. The number of carbonyl (C=O) groups is 1. The highest BCUT2D eigenvalue weighted by Crippen LogP contribution is 2.14. The number of halogens is 2. The highest BCUT2D eigenvalue weighted by atomic mass is 127. The minimum atomic E-state index is -0.344. The van der Waals surface area contributed by atoms with Gasteiger partial charge in [0.25, 0.3) is 5.91 Å². The van der Waals surface area contributed by atoms with Gasteiger partial charge in [-0.1, -0.05) is 24.3 Å². The molecule has 0 aromatic heterocycles. The second kappa shape index (κ2) is 6.81. The van der Waals surface area contributed by atoms with Gasteiger partial charge in [-0.15, -0.1) is 0 Å². The van der Waals surface area contributed by atoms with Crippen molar-refractivity contribution in [2.75, 3.05) is 0 Å². The van der Waals surface area contributed by atoms with Crippen molar-refractivity contribution in [2.24, 2.45) is 5.73 Å². The Bertz CT molecular complexity index is 614. The highest BCUT2D eigenvalue weighted by Gasteiger charge is 2.10. The molecule has 0 saturated carbocycles. The Morgan fingerprint density at radius 1 is 1.15 bits per heavy atom. The van der Waals surface area contributed by atoms with E-state index in [1.165, 1.54) is 18.2 Å². The van der Waals surface area contributed by atoms with Gasteiger partial charge >= 0.3 is 0 Å². The Balaban J connectivity index is 2.00. The summed E-state index contributed by atoms with van der Waals surface area (Å²) < 4.78 is 13.6. The van der Waals surface area contributed by atoms with Gasteiger partial charge in [0.1, 0.15) is 5.82 Å². The molecule has 1 amide bonds. The Kier molecular flexibility index (Phi) is 5.08. The van der Waals surface area contributed by atoms with Gasteiger partial charge in [-0.25, -0.2) is 4.39 Å². The fourth-order valence-corrected chi connectivity index (χ4v) is 2.47. The topological polar surface area (TPSA) is 55.1 Å². The van der Waals surface area contributed by atoms with Crippen LogP contribution in [0.1, 0.15) is 21.5 Å². The third kappa shape index (κ3) is 3.77. The molecule has 2 aromatic carbocycles. The van der Waals surface area contributed by atoms with E-state index in [2.05, 4.69) is 5.32 Å². The van der Waals surface area contributed by atoms with Crippen molar-refractivity contribution < 1.29 is 9.18 Å². The largest absolute Gasteiger partial charge is 0.348 e. The summed E-state index contributed by atoms with van der Waals surface area (Å²) in [5.41, 5.74) is 8.05. The van der Waals surface area contributed by atoms with E-state index < -0.39 is 0 Å². The summed E-state index contributed by atoms with van der Waals surface area (Å²) in [7, 11) is 0. The molecule has 0 aliphatic heterocycles. The second-order valence-corrected chi connectivity index (χ2v) is 5.49. The molecule has 0 bridgehead atoms. The Labute approximate surface area is 130 Å². The maximum Gasteiger partial charge on any atom is 0.252 e. The van der Waals surface area contributed by atoms with Crippen LogP contribution in [0.2, 0.25) is 0 Å². The first kappa shape index (κ1) is 14.9. The van der Waals surface area contributed by atoms with E-state index in [1.54, 1.807) is 0 Å². The lowest BCUT2D eigenvalue weighted by Gasteiger charge is -2.07. The van der Waals surface area contributed by atoms with Crippen LogP contribution in [0, 0.1) is 9.39 Å². The molecule has 0 spiro atoms. The Morgan fingerprint density at radius 3 is 2.40 bits per heavy atom. The van der Waals surface area contributed by atoms with E-state index in [9.17, 15) is 9.18 Å². The van der Waals surface area contributed by atoms with E-state index in [4.69, 9.17) is 5.73 Å². The maximum absolute atomic E-state index is 13.0. The standard InChI is InChI=1S/C15H14FIN2O/c16-12-5-6-13(14(17)7-12)15(20)19-9-11-3-1-10(8-18)2-4-11/h1-7H,8-9,18H2,(H,19,20). The third-order valence-corrected chi connectivity index (χ3v) is 3.78. The van der Waals surface area contributed by atoms with Crippen LogP contribution in [-0.2, 0) is 13.1 Å². The van der Waals surface area contributed by atoms with Crippen LogP contribution in [0.25, 0.3) is 0 Å². The number of hydrogen-bond acceptors (Lipinski definition) is 2. The highest BCUT2D eigenvalue weighted by molar-refractivity contribution is 14.1. The number of rotatable bonds is 4. The van der Waals surface area contributed by atoms with Gasteiger partial charge in [0.15, 0.2) is 0 Å². The SMILES string of the molecule is NCc1ccc(CNC(=O)c2ccc(F)cc2I)cc1. The van der Waals surface area contributed by atoms with Gasteiger partial charge in [0.2, 0.25) is 0 Å². The summed E-state index contributed by atoms with van der Waals surface area (Å²) in [5, 5.41) is 2.82. The Morgan fingerprint density at radius 2 is 1.80 bits per heavy atom. The molecule has 2 aromatic rings. The quantitative estimate of drug-likeness (QED) is 0.797. The molecule has 20 heavy (non-hydrogen) atoms. The van der Waals surface area contributed by atoms with Gasteiger partial charge in [-0.2, -0.15) is 0 Å². The molecule has 104 valence electrons. The number of carbonyl (C=O) groups excluding carboxylic acids is 1. The molecular weight excluding hydrogens is 370 g/mol. The van der Waals surface area contributed by atoms with Gasteiger partial charge in [0.05, 0.1) is 5.56 Å². The predicted molar refractivity (Wildman–Crippen MR) is 84.6 cm³/mol. The molecule has 0 aliphatic rings. The van der Waals surface area contributed by atoms with Crippen molar-refractivity contribution in [2.45, 2.75) is 13.1 Å². The number of nitrogens with one attached hydrogen (secondary N) is 1. The first-order valence-electron chi connectivity index (χ1n) is 6.11. The summed E-state index contributed by atoms with van der Waals surface area (Å²) in [6, 6.07) is 11.8. The van der Waals surface area contributed by atoms with E-state index in [0.717, 1.165) is 11.1 Å². The van der Waals surface area contributed by atoms with Crippen LogP contribution >= 0.6 is 22.6 Å². The molecule has 0 unspecified atom stereocenters. The van der Waals surface area contributed by atoms with E-state index >= 15 is 0 Å². The number of amides is 1. The number of nitrogens with two attached hydrogens (primary N) is 1. The van der Waals surface area contributed by atoms with Crippen LogP contribution in [0.15, 0.2) is 42.5 Å². The summed E-state index contributed by atoms with van der Waals surface area (Å²) in [6.45, 7) is 0.928. The third-order valence-electron chi connectivity index (χ3n) is 2.89. The van der Waals surface area contributed by atoms with Gasteiger partial charge in [0, 0.05) is 16.7 Å². The first-order chi connectivity index (χ1) is 9.60. The second-order valence-electron chi connectivity index (χ2n) is 4.33. The lowest BCUT2D eigenvalue weighted by atomic mass is 10.1. The van der Waals surface area contributed by atoms with Crippen LogP contribution in [-0.4, -0.2) is 5.91 Å². The lowest BCUT2D eigenvalue weighted by molar-refractivity contribution is 0.0950. The van der Waals surface area contributed by atoms with Crippen LogP contribution in [0.3, 0.4) is 0 Å². The molecule has 0 fully saturated rings. The van der Waals surface area contributed by atoms with E-state index in [1.807, 2.05) is 46.9 Å². The molecule has 0 radical (unpaired) electrons. The summed E-state index contributed by atoms with van der Waals surface area (Å²) in [4.78, 5) is 12.0. The molecule has 0 aliphatic carbocycles. The zero-order valence-corrected chi connectivity index (χ0v) is 12.9. The summed E-state index contributed by atoms with van der Waals surface area (Å²) in [5.74, 6) is -0.555. The fourth-order valence-electron chi connectivity index (χ4n) is 1.74. The first-order valence-corrected chi connectivity index (χ1v) is 7.19. The van der Waals surface area contributed by atoms with Crippen LogP contribution in [0.5, 0.6) is 0 Å². The number of hydrogen-bond donors (Lipinski definition) is 2. The molecule has 2 rings (SSSR count). The minimum absolute atomic E-state index is 0.211. The lowest BCUT2D eigenvalue weighted by Crippen LogP contribution is -2.23. The molecular formula is C15H14FIN2O. The van der Waals surface area contributed by atoms with Crippen LogP contribution in [0.4, 0.5) is 4.39 Å². The average Bonchev–Trinajstić information content (AvgIpc) is 2.45. The average molecular weight is 384 g/mol. The molecule has 0 atom stereocenters. The van der Waals surface area contributed by atoms with Crippen molar-refractivity contribution >= 4 is 28.5 Å². The van der Waals surface area contributed by atoms with Crippen molar-refractivity contribution in [3.63, 3.8) is 0 Å². The van der Waals surface area contributed by atoms with Crippen LogP contribution < -0.4 is 11.1 Å². The van der Waals surface area contributed by atoms with Crippen molar-refractivity contribution in [3.05, 3.63) is 68.5 Å². The van der Waals surface area contributed by atoms with E-state index in [-0.39, 0.29) is 11.7 Å². The normalized spacial score (nSPS) is 10.3. The summed E-state index contributed by atoms with van der Waals surface area (Å²) in [6.07, 6.45) is 0. The van der Waals surface area contributed by atoms with E-state index in [0.29, 0.717) is 22.2 Å². The molecule has 3 N–H and O–H groups in total. The smallest absolute Gasteiger partial charge is 0.252 e. The zero-order chi connectivity index (χ0) is 14.5. The van der Waals surface area contributed by atoms with Crippen molar-refractivity contribution in [1.29, 1.82) is 0 Å². The van der Waals surface area contributed by atoms with Gasteiger partial charge < -0.3 is 11.1 Å². The van der Waals surface area contributed by atoms with Crippen molar-refractivity contribution in [3.8, 4) is 0 Å².